The molecule has 5 nitrogen and oxygen atoms in total. The average molecular weight is 264 g/mol. The standard InChI is InChI=1S/C14H16O5/c1-17-9-18-12-6-4-10-5-7-13(16)19-14(10)11(12)3-2-8-15/h4-7,15H,2-3,8-9H2,1H3. The van der Waals surface area contributed by atoms with Crippen molar-refractivity contribution in [3.63, 3.8) is 0 Å². The summed E-state index contributed by atoms with van der Waals surface area (Å²) in [5, 5.41) is 9.79. The van der Waals surface area contributed by atoms with Gasteiger partial charge in [-0.15, -0.1) is 0 Å². The molecule has 0 aliphatic carbocycles. The molecule has 0 atom stereocenters. The minimum Gasteiger partial charge on any atom is -0.467 e. The van der Waals surface area contributed by atoms with Crippen LogP contribution in [0.25, 0.3) is 11.0 Å². The number of rotatable bonds is 6. The number of aliphatic hydroxyl groups excluding tert-OH is 1. The van der Waals surface area contributed by atoms with Crippen molar-refractivity contribution < 1.29 is 19.0 Å². The lowest BCUT2D eigenvalue weighted by atomic mass is 10.1. The van der Waals surface area contributed by atoms with Gasteiger partial charge < -0.3 is 19.0 Å². The number of hydrogen-bond acceptors (Lipinski definition) is 5. The predicted octanol–water partition coefficient (Wildman–Crippen LogP) is 1.70. The summed E-state index contributed by atoms with van der Waals surface area (Å²) in [7, 11) is 1.54. The van der Waals surface area contributed by atoms with Crippen LogP contribution in [0.3, 0.4) is 0 Å². The highest BCUT2D eigenvalue weighted by Gasteiger charge is 2.11. The quantitative estimate of drug-likeness (QED) is 0.635. The van der Waals surface area contributed by atoms with E-state index in [9.17, 15) is 4.79 Å². The molecule has 2 aromatic rings. The van der Waals surface area contributed by atoms with Crippen molar-refractivity contribution >= 4 is 11.0 Å². The van der Waals surface area contributed by atoms with Gasteiger partial charge in [0.25, 0.3) is 0 Å². The lowest BCUT2D eigenvalue weighted by Gasteiger charge is -2.12. The largest absolute Gasteiger partial charge is 0.467 e. The smallest absolute Gasteiger partial charge is 0.336 e. The summed E-state index contributed by atoms with van der Waals surface area (Å²) in [5.41, 5.74) is 0.887. The van der Waals surface area contributed by atoms with Crippen LogP contribution < -0.4 is 10.4 Å². The van der Waals surface area contributed by atoms with Crippen molar-refractivity contribution in [2.75, 3.05) is 20.5 Å². The first kappa shape index (κ1) is 13.6. The van der Waals surface area contributed by atoms with Crippen molar-refractivity contribution in [3.8, 4) is 5.75 Å². The summed E-state index contributed by atoms with van der Waals surface area (Å²) in [6, 6.07) is 6.73. The molecule has 0 fully saturated rings. The number of methoxy groups -OCH3 is 1. The molecule has 0 bridgehead atoms. The van der Waals surface area contributed by atoms with E-state index in [0.29, 0.717) is 24.2 Å². The molecule has 5 heteroatoms. The molecular weight excluding hydrogens is 248 g/mol. The molecule has 1 heterocycles. The molecular formula is C14H16O5. The fourth-order valence-electron chi connectivity index (χ4n) is 1.92. The van der Waals surface area contributed by atoms with Crippen molar-refractivity contribution in [1.29, 1.82) is 0 Å². The van der Waals surface area contributed by atoms with E-state index in [4.69, 9.17) is 19.0 Å². The predicted molar refractivity (Wildman–Crippen MR) is 70.4 cm³/mol. The number of ether oxygens (including phenoxy) is 2. The summed E-state index contributed by atoms with van der Waals surface area (Å²) >= 11 is 0. The molecule has 0 unspecified atom stereocenters. The highest BCUT2D eigenvalue weighted by Crippen LogP contribution is 2.28. The van der Waals surface area contributed by atoms with Crippen molar-refractivity contribution in [1.82, 2.24) is 0 Å². The second-order valence-corrected chi connectivity index (χ2v) is 4.09. The van der Waals surface area contributed by atoms with Crippen molar-refractivity contribution in [3.05, 3.63) is 40.2 Å². The molecule has 0 aliphatic rings. The third-order valence-electron chi connectivity index (χ3n) is 2.77. The Labute approximate surface area is 110 Å². The molecule has 19 heavy (non-hydrogen) atoms. The van der Waals surface area contributed by atoms with Gasteiger partial charge in [-0.1, -0.05) is 0 Å². The first-order chi connectivity index (χ1) is 9.26. The lowest BCUT2D eigenvalue weighted by molar-refractivity contribution is 0.0504. The van der Waals surface area contributed by atoms with Crippen LogP contribution in [0, 0.1) is 0 Å². The maximum Gasteiger partial charge on any atom is 0.336 e. The van der Waals surface area contributed by atoms with E-state index < -0.39 is 5.63 Å². The zero-order valence-corrected chi connectivity index (χ0v) is 10.7. The molecule has 2 rings (SSSR count). The SMILES string of the molecule is COCOc1ccc2ccc(=O)oc2c1CCCO. The van der Waals surface area contributed by atoms with Crippen molar-refractivity contribution in [2.24, 2.45) is 0 Å². The normalized spacial score (nSPS) is 10.8. The molecule has 1 aromatic heterocycles. The molecule has 0 saturated heterocycles. The fraction of sp³-hybridized carbons (Fsp3) is 0.357. The second-order valence-electron chi connectivity index (χ2n) is 4.09. The zero-order chi connectivity index (χ0) is 13.7. The summed E-state index contributed by atoms with van der Waals surface area (Å²) in [6.45, 7) is 0.186. The molecule has 1 N–H and O–H groups in total. The van der Waals surface area contributed by atoms with Gasteiger partial charge >= 0.3 is 5.63 Å². The third kappa shape index (κ3) is 3.13. The molecule has 0 aliphatic heterocycles. The Morgan fingerprint density at radius 3 is 2.79 bits per heavy atom. The first-order valence-corrected chi connectivity index (χ1v) is 6.04. The van der Waals surface area contributed by atoms with Gasteiger partial charge in [0.15, 0.2) is 6.79 Å². The average Bonchev–Trinajstić information content (AvgIpc) is 2.43. The van der Waals surface area contributed by atoms with E-state index in [1.54, 1.807) is 6.07 Å². The Bertz CT molecular complexity index is 602. The summed E-state index contributed by atoms with van der Waals surface area (Å²) in [4.78, 5) is 11.4. The van der Waals surface area contributed by atoms with Gasteiger partial charge in [0.2, 0.25) is 0 Å². The van der Waals surface area contributed by atoms with Gasteiger partial charge in [-0.25, -0.2) is 4.79 Å². The monoisotopic (exact) mass is 264 g/mol. The Morgan fingerprint density at radius 2 is 2.05 bits per heavy atom. The number of hydrogen-bond donors (Lipinski definition) is 1. The first-order valence-electron chi connectivity index (χ1n) is 6.04. The van der Waals surface area contributed by atoms with Gasteiger partial charge in [-0.3, -0.25) is 0 Å². The Balaban J connectivity index is 2.50. The van der Waals surface area contributed by atoms with E-state index in [0.717, 1.165) is 10.9 Å². The van der Waals surface area contributed by atoms with E-state index in [2.05, 4.69) is 0 Å². The summed E-state index contributed by atoms with van der Waals surface area (Å²) < 4.78 is 15.6. The van der Waals surface area contributed by atoms with E-state index in [1.807, 2.05) is 12.1 Å². The Kier molecular flexibility index (Phi) is 4.54. The third-order valence-corrected chi connectivity index (χ3v) is 2.77. The van der Waals surface area contributed by atoms with E-state index in [-0.39, 0.29) is 13.4 Å². The number of aryl methyl sites for hydroxylation is 1. The Morgan fingerprint density at radius 1 is 1.26 bits per heavy atom. The Hall–Kier alpha value is -1.85. The van der Waals surface area contributed by atoms with Gasteiger partial charge in [0.1, 0.15) is 11.3 Å². The lowest BCUT2D eigenvalue weighted by Crippen LogP contribution is -2.04. The highest BCUT2D eigenvalue weighted by molar-refractivity contribution is 5.82. The maximum absolute atomic E-state index is 11.4. The van der Waals surface area contributed by atoms with E-state index >= 15 is 0 Å². The van der Waals surface area contributed by atoms with Crippen LogP contribution in [0.1, 0.15) is 12.0 Å². The number of aliphatic hydroxyl groups is 1. The van der Waals surface area contributed by atoms with Gasteiger partial charge in [0, 0.05) is 30.7 Å². The minimum absolute atomic E-state index is 0.0666. The minimum atomic E-state index is -0.401. The number of benzene rings is 1. The van der Waals surface area contributed by atoms with E-state index in [1.165, 1.54) is 13.2 Å². The molecule has 0 spiro atoms. The second kappa shape index (κ2) is 6.36. The van der Waals surface area contributed by atoms with Gasteiger partial charge in [-0.05, 0) is 31.0 Å². The number of fused-ring (bicyclic) bond motifs is 1. The van der Waals surface area contributed by atoms with Crippen molar-refractivity contribution in [2.45, 2.75) is 12.8 Å². The van der Waals surface area contributed by atoms with Crippen LogP contribution in [0.15, 0.2) is 33.5 Å². The molecule has 0 amide bonds. The van der Waals surface area contributed by atoms with Gasteiger partial charge in [0.05, 0.1) is 0 Å². The molecule has 0 saturated carbocycles. The molecule has 102 valence electrons. The van der Waals surface area contributed by atoms with Crippen LogP contribution in [-0.4, -0.2) is 25.6 Å². The van der Waals surface area contributed by atoms with Crippen LogP contribution in [0.4, 0.5) is 0 Å². The van der Waals surface area contributed by atoms with Crippen LogP contribution >= 0.6 is 0 Å². The fourth-order valence-corrected chi connectivity index (χ4v) is 1.92. The maximum atomic E-state index is 11.4. The summed E-state index contributed by atoms with van der Waals surface area (Å²) in [6.07, 6.45) is 1.14. The highest BCUT2D eigenvalue weighted by atomic mass is 16.7. The topological polar surface area (TPSA) is 68.9 Å². The van der Waals surface area contributed by atoms with Crippen LogP contribution in [-0.2, 0) is 11.2 Å². The van der Waals surface area contributed by atoms with Gasteiger partial charge in [-0.2, -0.15) is 0 Å². The summed E-state index contributed by atoms with van der Waals surface area (Å²) in [5.74, 6) is 0.608. The van der Waals surface area contributed by atoms with Crippen LogP contribution in [0.5, 0.6) is 5.75 Å². The van der Waals surface area contributed by atoms with Crippen LogP contribution in [0.2, 0.25) is 0 Å². The zero-order valence-electron chi connectivity index (χ0n) is 10.7. The molecule has 0 radical (unpaired) electrons. The molecule has 1 aromatic carbocycles.